The van der Waals surface area contributed by atoms with E-state index < -0.39 is 0 Å². The fraction of sp³-hybridized carbons (Fsp3) is 0.833. The standard InChI is InChI=1S/2C4H8O.C4H8/c2*1-3-4(2)5-3;1-3-4-2/h2*3-4H,1-2H3;3H,1,4H2,2H3. The van der Waals surface area contributed by atoms with Gasteiger partial charge in [0, 0.05) is 0 Å². The van der Waals surface area contributed by atoms with E-state index in [0.29, 0.717) is 24.4 Å². The zero-order valence-electron chi connectivity index (χ0n) is 10.1. The van der Waals surface area contributed by atoms with E-state index in [0.717, 1.165) is 6.42 Å². The van der Waals surface area contributed by atoms with E-state index in [-0.39, 0.29) is 0 Å². The zero-order chi connectivity index (χ0) is 11.1. The molecule has 2 heteroatoms. The normalized spacial score (nSPS) is 36.9. The van der Waals surface area contributed by atoms with Crippen LogP contribution in [0.15, 0.2) is 12.7 Å². The van der Waals surface area contributed by atoms with E-state index >= 15 is 0 Å². The van der Waals surface area contributed by atoms with E-state index in [1.807, 2.05) is 6.08 Å². The average Bonchev–Trinajstić information content (AvgIpc) is 2.99. The quantitative estimate of drug-likeness (QED) is 0.480. The first-order valence-electron chi connectivity index (χ1n) is 5.44. The minimum Gasteiger partial charge on any atom is -0.370 e. The van der Waals surface area contributed by atoms with Gasteiger partial charge in [0.15, 0.2) is 0 Å². The SMILES string of the molecule is C=CCC.CC1OC1C.CC1OC1C. The number of hydrogen-bond acceptors (Lipinski definition) is 2. The van der Waals surface area contributed by atoms with Crippen molar-refractivity contribution in [3.8, 4) is 0 Å². The fourth-order valence-corrected chi connectivity index (χ4v) is 0.586. The van der Waals surface area contributed by atoms with Crippen molar-refractivity contribution in [2.24, 2.45) is 0 Å². The average molecular weight is 200 g/mol. The molecule has 4 unspecified atom stereocenters. The molecule has 0 N–H and O–H groups in total. The van der Waals surface area contributed by atoms with Gasteiger partial charge in [-0.3, -0.25) is 0 Å². The van der Waals surface area contributed by atoms with Crippen LogP contribution in [0.25, 0.3) is 0 Å². The highest BCUT2D eigenvalue weighted by atomic mass is 16.6. The molecule has 0 spiro atoms. The van der Waals surface area contributed by atoms with Gasteiger partial charge in [0.05, 0.1) is 24.4 Å². The molecule has 0 bridgehead atoms. The first kappa shape index (κ1) is 13.7. The molecule has 2 saturated heterocycles. The summed E-state index contributed by atoms with van der Waals surface area (Å²) in [5.74, 6) is 0. The van der Waals surface area contributed by atoms with Crippen LogP contribution in [0, 0.1) is 0 Å². The summed E-state index contributed by atoms with van der Waals surface area (Å²) in [7, 11) is 0. The Bertz CT molecular complexity index is 130. The molecule has 0 aromatic carbocycles. The van der Waals surface area contributed by atoms with Crippen LogP contribution in [0.1, 0.15) is 41.0 Å². The van der Waals surface area contributed by atoms with Crippen LogP contribution in [-0.4, -0.2) is 24.4 Å². The van der Waals surface area contributed by atoms with Crippen molar-refractivity contribution in [3.05, 3.63) is 12.7 Å². The molecule has 2 fully saturated rings. The molecular formula is C12H24O2. The maximum absolute atomic E-state index is 4.92. The Kier molecular flexibility index (Phi) is 6.85. The number of allylic oxidation sites excluding steroid dienone is 1. The lowest BCUT2D eigenvalue weighted by Gasteiger charge is -1.57. The summed E-state index contributed by atoms with van der Waals surface area (Å²) in [6, 6.07) is 0. The monoisotopic (exact) mass is 200 g/mol. The third kappa shape index (κ3) is 8.27. The summed E-state index contributed by atoms with van der Waals surface area (Å²) in [5.41, 5.74) is 0. The lowest BCUT2D eigenvalue weighted by atomic mass is 10.4. The molecule has 0 saturated carbocycles. The summed E-state index contributed by atoms with van der Waals surface area (Å²) >= 11 is 0. The van der Waals surface area contributed by atoms with Gasteiger partial charge in [0.25, 0.3) is 0 Å². The lowest BCUT2D eigenvalue weighted by Crippen LogP contribution is -1.74. The molecule has 2 aliphatic rings. The molecule has 2 nitrogen and oxygen atoms in total. The molecule has 14 heavy (non-hydrogen) atoms. The number of hydrogen-bond donors (Lipinski definition) is 0. The lowest BCUT2D eigenvalue weighted by molar-refractivity contribution is 0.388. The maximum atomic E-state index is 4.92. The Morgan fingerprint density at radius 2 is 1.07 bits per heavy atom. The highest BCUT2D eigenvalue weighted by Gasteiger charge is 2.28. The van der Waals surface area contributed by atoms with Crippen LogP contribution in [0.4, 0.5) is 0 Å². The van der Waals surface area contributed by atoms with Gasteiger partial charge in [-0.2, -0.15) is 0 Å². The molecule has 0 aliphatic carbocycles. The number of rotatable bonds is 1. The van der Waals surface area contributed by atoms with Crippen molar-refractivity contribution in [1.29, 1.82) is 0 Å². The third-order valence-electron chi connectivity index (χ3n) is 2.32. The van der Waals surface area contributed by atoms with Crippen molar-refractivity contribution < 1.29 is 9.47 Å². The summed E-state index contributed by atoms with van der Waals surface area (Å²) in [4.78, 5) is 0. The Morgan fingerprint density at radius 3 is 1.07 bits per heavy atom. The summed E-state index contributed by atoms with van der Waals surface area (Å²) < 4.78 is 9.83. The van der Waals surface area contributed by atoms with Gasteiger partial charge in [-0.25, -0.2) is 0 Å². The molecule has 0 aromatic heterocycles. The molecule has 0 aromatic rings. The second-order valence-electron chi connectivity index (χ2n) is 3.79. The highest BCUT2D eigenvalue weighted by Crippen LogP contribution is 2.18. The van der Waals surface area contributed by atoms with Gasteiger partial charge in [-0.1, -0.05) is 13.0 Å². The van der Waals surface area contributed by atoms with Crippen molar-refractivity contribution in [1.82, 2.24) is 0 Å². The van der Waals surface area contributed by atoms with Gasteiger partial charge in [0.1, 0.15) is 0 Å². The Balaban J connectivity index is 0.000000183. The van der Waals surface area contributed by atoms with Crippen LogP contribution in [-0.2, 0) is 9.47 Å². The van der Waals surface area contributed by atoms with Gasteiger partial charge in [0.2, 0.25) is 0 Å². The second kappa shape index (κ2) is 7.02. The Morgan fingerprint density at radius 1 is 0.929 bits per heavy atom. The predicted octanol–water partition coefficient (Wildman–Crippen LogP) is 3.17. The first-order chi connectivity index (χ1) is 6.52. The molecule has 84 valence electrons. The molecule has 2 heterocycles. The minimum atomic E-state index is 0.551. The van der Waals surface area contributed by atoms with Crippen LogP contribution in [0.5, 0.6) is 0 Å². The van der Waals surface area contributed by atoms with E-state index in [4.69, 9.17) is 9.47 Å². The van der Waals surface area contributed by atoms with Crippen molar-refractivity contribution >= 4 is 0 Å². The summed E-state index contributed by atoms with van der Waals surface area (Å²) in [5, 5.41) is 0. The summed E-state index contributed by atoms with van der Waals surface area (Å²) in [6.07, 6.45) is 5.16. The van der Waals surface area contributed by atoms with Crippen LogP contribution in [0.2, 0.25) is 0 Å². The Labute approximate surface area is 88.3 Å². The van der Waals surface area contributed by atoms with E-state index in [2.05, 4.69) is 41.2 Å². The van der Waals surface area contributed by atoms with Crippen LogP contribution in [0.3, 0.4) is 0 Å². The smallest absolute Gasteiger partial charge is 0.0811 e. The van der Waals surface area contributed by atoms with Gasteiger partial charge in [-0.05, 0) is 34.1 Å². The molecule has 2 aliphatic heterocycles. The van der Waals surface area contributed by atoms with Crippen molar-refractivity contribution in [2.45, 2.75) is 65.5 Å². The first-order valence-corrected chi connectivity index (χ1v) is 5.44. The number of ether oxygens (including phenoxy) is 2. The second-order valence-corrected chi connectivity index (χ2v) is 3.79. The van der Waals surface area contributed by atoms with Crippen LogP contribution >= 0.6 is 0 Å². The zero-order valence-corrected chi connectivity index (χ0v) is 10.1. The molecule has 2 rings (SSSR count). The topological polar surface area (TPSA) is 25.1 Å². The van der Waals surface area contributed by atoms with E-state index in [1.54, 1.807) is 0 Å². The van der Waals surface area contributed by atoms with E-state index in [9.17, 15) is 0 Å². The van der Waals surface area contributed by atoms with Gasteiger partial charge >= 0.3 is 0 Å². The number of epoxide rings is 2. The van der Waals surface area contributed by atoms with Crippen molar-refractivity contribution in [2.75, 3.05) is 0 Å². The molecule has 0 radical (unpaired) electrons. The highest BCUT2D eigenvalue weighted by molar-refractivity contribution is 4.73. The maximum Gasteiger partial charge on any atom is 0.0811 e. The molecule has 4 atom stereocenters. The van der Waals surface area contributed by atoms with E-state index in [1.165, 1.54) is 0 Å². The van der Waals surface area contributed by atoms with Crippen LogP contribution < -0.4 is 0 Å². The largest absolute Gasteiger partial charge is 0.370 e. The van der Waals surface area contributed by atoms with Gasteiger partial charge in [-0.15, -0.1) is 6.58 Å². The minimum absolute atomic E-state index is 0.551. The van der Waals surface area contributed by atoms with Crippen molar-refractivity contribution in [3.63, 3.8) is 0 Å². The predicted molar refractivity (Wildman–Crippen MR) is 60.5 cm³/mol. The fourth-order valence-electron chi connectivity index (χ4n) is 0.586. The summed E-state index contributed by atoms with van der Waals surface area (Å²) in [6.45, 7) is 13.8. The third-order valence-corrected chi connectivity index (χ3v) is 2.32. The Hall–Kier alpha value is -0.340. The molecular weight excluding hydrogens is 176 g/mol. The van der Waals surface area contributed by atoms with Gasteiger partial charge < -0.3 is 9.47 Å². The molecule has 0 amide bonds.